The topological polar surface area (TPSA) is 33.1 Å². The van der Waals surface area contributed by atoms with Gasteiger partial charge in [-0.2, -0.15) is 0 Å². The fourth-order valence-electron chi connectivity index (χ4n) is 1.83. The number of hydrogen-bond acceptors (Lipinski definition) is 3. The molecular weight excluding hydrogens is 254 g/mol. The number of thiazole rings is 1. The monoisotopic (exact) mass is 267 g/mol. The van der Waals surface area contributed by atoms with Crippen LogP contribution in [0.2, 0.25) is 5.02 Å². The highest BCUT2D eigenvalue weighted by molar-refractivity contribution is 7.09. The predicted octanol–water partition coefficient (Wildman–Crippen LogP) is 3.19. The quantitative estimate of drug-likeness (QED) is 0.903. The van der Waals surface area contributed by atoms with Crippen molar-refractivity contribution in [3.63, 3.8) is 0 Å². The predicted molar refractivity (Wildman–Crippen MR) is 71.5 cm³/mol. The summed E-state index contributed by atoms with van der Waals surface area (Å²) in [7, 11) is 0. The van der Waals surface area contributed by atoms with Crippen molar-refractivity contribution in [2.24, 2.45) is 5.92 Å². The minimum absolute atomic E-state index is 0.185. The van der Waals surface area contributed by atoms with E-state index < -0.39 is 0 Å². The standard InChI is InChI=1S/C13H14ClNOS/c14-12-3-1-2-10(5-12)4-11(8-16)6-13-7-15-9-17-13/h1-3,5,7,9,11,16H,4,6,8H2. The molecule has 1 N–H and O–H groups in total. The van der Waals surface area contributed by atoms with Gasteiger partial charge in [-0.05, 0) is 36.5 Å². The molecule has 0 radical (unpaired) electrons. The molecule has 0 bridgehead atoms. The number of aliphatic hydroxyl groups is 1. The smallest absolute Gasteiger partial charge is 0.0794 e. The zero-order valence-electron chi connectivity index (χ0n) is 9.34. The SMILES string of the molecule is OCC(Cc1cccc(Cl)c1)Cc1cncs1. The Morgan fingerprint density at radius 1 is 1.35 bits per heavy atom. The van der Waals surface area contributed by atoms with Crippen molar-refractivity contribution in [3.8, 4) is 0 Å². The van der Waals surface area contributed by atoms with Gasteiger partial charge in [0.1, 0.15) is 0 Å². The summed E-state index contributed by atoms with van der Waals surface area (Å²) in [4.78, 5) is 5.26. The molecule has 0 amide bonds. The summed E-state index contributed by atoms with van der Waals surface area (Å²) in [5.74, 6) is 0.230. The van der Waals surface area contributed by atoms with E-state index >= 15 is 0 Å². The Kier molecular flexibility index (Phi) is 4.54. The molecule has 1 atom stereocenters. The van der Waals surface area contributed by atoms with Crippen LogP contribution in [-0.2, 0) is 12.8 Å². The fraction of sp³-hybridized carbons (Fsp3) is 0.308. The van der Waals surface area contributed by atoms with Gasteiger partial charge >= 0.3 is 0 Å². The Morgan fingerprint density at radius 3 is 2.88 bits per heavy atom. The average Bonchev–Trinajstić information content (AvgIpc) is 2.81. The highest BCUT2D eigenvalue weighted by Crippen LogP contribution is 2.19. The van der Waals surface area contributed by atoms with Crippen LogP contribution in [0.3, 0.4) is 0 Å². The molecule has 0 aliphatic carbocycles. The van der Waals surface area contributed by atoms with Crippen LogP contribution in [0.4, 0.5) is 0 Å². The fourth-order valence-corrected chi connectivity index (χ4v) is 2.75. The molecule has 0 saturated carbocycles. The summed E-state index contributed by atoms with van der Waals surface area (Å²) in [6.07, 6.45) is 3.58. The van der Waals surface area contributed by atoms with E-state index in [9.17, 15) is 5.11 Å². The van der Waals surface area contributed by atoms with E-state index in [0.29, 0.717) is 0 Å². The first kappa shape index (κ1) is 12.6. The second-order valence-corrected chi connectivity index (χ2v) is 5.46. The second kappa shape index (κ2) is 6.15. The molecule has 1 heterocycles. The maximum Gasteiger partial charge on any atom is 0.0794 e. The Balaban J connectivity index is 2.00. The van der Waals surface area contributed by atoms with Gasteiger partial charge in [-0.15, -0.1) is 11.3 Å². The summed E-state index contributed by atoms with van der Waals surface area (Å²) < 4.78 is 0. The highest BCUT2D eigenvalue weighted by Gasteiger charge is 2.11. The first-order valence-electron chi connectivity index (χ1n) is 5.50. The van der Waals surface area contributed by atoms with E-state index in [0.717, 1.165) is 17.9 Å². The molecule has 0 spiro atoms. The van der Waals surface area contributed by atoms with E-state index in [1.165, 1.54) is 10.4 Å². The van der Waals surface area contributed by atoms with Crippen LogP contribution < -0.4 is 0 Å². The molecule has 1 aromatic heterocycles. The van der Waals surface area contributed by atoms with E-state index in [-0.39, 0.29) is 12.5 Å². The summed E-state index contributed by atoms with van der Waals surface area (Å²) >= 11 is 7.58. The third-order valence-electron chi connectivity index (χ3n) is 2.64. The minimum Gasteiger partial charge on any atom is -0.396 e. The summed E-state index contributed by atoms with van der Waals surface area (Å²) in [5.41, 5.74) is 2.99. The number of benzene rings is 1. The largest absolute Gasteiger partial charge is 0.396 e. The third-order valence-corrected chi connectivity index (χ3v) is 3.68. The van der Waals surface area contributed by atoms with Crippen molar-refractivity contribution in [2.45, 2.75) is 12.8 Å². The highest BCUT2D eigenvalue weighted by atomic mass is 35.5. The number of rotatable bonds is 5. The van der Waals surface area contributed by atoms with Crippen molar-refractivity contribution in [3.05, 3.63) is 51.4 Å². The van der Waals surface area contributed by atoms with Crippen molar-refractivity contribution >= 4 is 22.9 Å². The van der Waals surface area contributed by atoms with Crippen molar-refractivity contribution < 1.29 is 5.11 Å². The molecule has 2 nitrogen and oxygen atoms in total. The van der Waals surface area contributed by atoms with Gasteiger partial charge in [0.05, 0.1) is 5.51 Å². The Labute approximate surface area is 110 Å². The van der Waals surface area contributed by atoms with Crippen molar-refractivity contribution in [2.75, 3.05) is 6.61 Å². The van der Waals surface area contributed by atoms with Crippen LogP contribution in [0.5, 0.6) is 0 Å². The Bertz CT molecular complexity index is 458. The van der Waals surface area contributed by atoms with Gasteiger partial charge in [0, 0.05) is 22.7 Å². The van der Waals surface area contributed by atoms with Gasteiger partial charge < -0.3 is 5.11 Å². The van der Waals surface area contributed by atoms with Crippen LogP contribution in [0, 0.1) is 5.92 Å². The normalized spacial score (nSPS) is 12.6. The maximum absolute atomic E-state index is 9.41. The van der Waals surface area contributed by atoms with Crippen LogP contribution in [-0.4, -0.2) is 16.7 Å². The molecule has 2 rings (SSSR count). The lowest BCUT2D eigenvalue weighted by atomic mass is 9.96. The van der Waals surface area contributed by atoms with E-state index in [1.54, 1.807) is 11.3 Å². The Hall–Kier alpha value is -0.900. The lowest BCUT2D eigenvalue weighted by Crippen LogP contribution is -2.12. The molecule has 0 aliphatic heterocycles. The second-order valence-electron chi connectivity index (χ2n) is 4.05. The van der Waals surface area contributed by atoms with E-state index in [4.69, 9.17) is 11.6 Å². The summed E-state index contributed by atoms with van der Waals surface area (Å²) in [6, 6.07) is 7.80. The summed E-state index contributed by atoms with van der Waals surface area (Å²) in [6.45, 7) is 0.185. The molecule has 17 heavy (non-hydrogen) atoms. The van der Waals surface area contributed by atoms with Gasteiger partial charge in [-0.3, -0.25) is 4.98 Å². The zero-order valence-corrected chi connectivity index (χ0v) is 10.9. The van der Waals surface area contributed by atoms with Crippen LogP contribution in [0.1, 0.15) is 10.4 Å². The molecule has 0 fully saturated rings. The van der Waals surface area contributed by atoms with Gasteiger partial charge in [0.25, 0.3) is 0 Å². The Morgan fingerprint density at radius 2 is 2.24 bits per heavy atom. The van der Waals surface area contributed by atoms with Crippen LogP contribution in [0.25, 0.3) is 0 Å². The van der Waals surface area contributed by atoms with Crippen LogP contribution >= 0.6 is 22.9 Å². The lowest BCUT2D eigenvalue weighted by molar-refractivity contribution is 0.225. The average molecular weight is 268 g/mol. The number of aromatic nitrogens is 1. The molecule has 90 valence electrons. The number of hydrogen-bond donors (Lipinski definition) is 1. The van der Waals surface area contributed by atoms with Gasteiger partial charge in [-0.1, -0.05) is 23.7 Å². The number of aliphatic hydroxyl groups excluding tert-OH is 1. The molecule has 2 aromatic rings. The van der Waals surface area contributed by atoms with Crippen molar-refractivity contribution in [1.82, 2.24) is 4.98 Å². The van der Waals surface area contributed by atoms with E-state index in [2.05, 4.69) is 4.98 Å². The molecule has 0 saturated heterocycles. The third kappa shape index (κ3) is 3.80. The molecule has 4 heteroatoms. The maximum atomic E-state index is 9.41. The van der Waals surface area contributed by atoms with Gasteiger partial charge in [-0.25, -0.2) is 0 Å². The number of nitrogens with zero attached hydrogens (tertiary/aromatic N) is 1. The van der Waals surface area contributed by atoms with Gasteiger partial charge in [0.15, 0.2) is 0 Å². The van der Waals surface area contributed by atoms with E-state index in [1.807, 2.05) is 36.0 Å². The molecule has 1 unspecified atom stereocenters. The summed E-state index contributed by atoms with van der Waals surface area (Å²) in [5, 5.41) is 10.2. The van der Waals surface area contributed by atoms with Crippen molar-refractivity contribution in [1.29, 1.82) is 0 Å². The zero-order chi connectivity index (χ0) is 12.1. The first-order valence-corrected chi connectivity index (χ1v) is 6.76. The van der Waals surface area contributed by atoms with Gasteiger partial charge in [0.2, 0.25) is 0 Å². The molecule has 0 aliphatic rings. The van der Waals surface area contributed by atoms with Crippen LogP contribution in [0.15, 0.2) is 36.0 Å². The number of halogens is 1. The molecular formula is C13H14ClNOS. The molecule has 1 aromatic carbocycles. The lowest BCUT2D eigenvalue weighted by Gasteiger charge is -2.13. The minimum atomic E-state index is 0.185. The first-order chi connectivity index (χ1) is 8.28.